The molecule has 156 valence electrons. The lowest BCUT2D eigenvalue weighted by atomic mass is 10.2. The number of amides is 1. The molecule has 29 heavy (non-hydrogen) atoms. The summed E-state index contributed by atoms with van der Waals surface area (Å²) in [5.41, 5.74) is 0.866. The molecular weight excluding hydrogens is 382 g/mol. The molecule has 6 nitrogen and oxygen atoms in total. The van der Waals surface area contributed by atoms with E-state index in [1.807, 2.05) is 6.92 Å². The lowest BCUT2D eigenvalue weighted by Crippen LogP contribution is -2.28. The van der Waals surface area contributed by atoms with Crippen LogP contribution in [0.15, 0.2) is 22.6 Å². The zero-order valence-electron chi connectivity index (χ0n) is 16.3. The van der Waals surface area contributed by atoms with Crippen LogP contribution in [0.4, 0.5) is 8.78 Å². The van der Waals surface area contributed by atoms with E-state index in [-0.39, 0.29) is 23.3 Å². The zero-order valence-corrected chi connectivity index (χ0v) is 16.3. The van der Waals surface area contributed by atoms with Crippen molar-refractivity contribution in [3.63, 3.8) is 0 Å². The number of benzene rings is 1. The summed E-state index contributed by atoms with van der Waals surface area (Å²) in [5, 5.41) is 0. The van der Waals surface area contributed by atoms with E-state index in [0.29, 0.717) is 36.0 Å². The molecule has 1 aliphatic carbocycles. The number of nitrogens with zero attached hydrogens (tertiary/aromatic N) is 2. The minimum absolute atomic E-state index is 0.0277. The molecule has 4 rings (SSSR count). The van der Waals surface area contributed by atoms with Crippen molar-refractivity contribution in [1.29, 1.82) is 0 Å². The number of aryl methyl sites for hydroxylation is 1. The maximum Gasteiger partial charge on any atom is 0.387 e. The molecule has 1 saturated heterocycles. The van der Waals surface area contributed by atoms with Crippen molar-refractivity contribution >= 4 is 5.91 Å². The smallest absolute Gasteiger partial charge is 0.387 e. The number of carbonyl (C=O) groups excluding carboxylic acids is 1. The van der Waals surface area contributed by atoms with Gasteiger partial charge in [0.15, 0.2) is 17.2 Å². The molecule has 2 aromatic rings. The highest BCUT2D eigenvalue weighted by Gasteiger charge is 2.27. The van der Waals surface area contributed by atoms with Gasteiger partial charge in [0.25, 0.3) is 5.91 Å². The molecule has 0 atom stereocenters. The normalized spacial score (nSPS) is 16.5. The molecule has 0 bridgehead atoms. The molecule has 1 saturated carbocycles. The van der Waals surface area contributed by atoms with Crippen LogP contribution < -0.4 is 9.47 Å². The molecule has 8 heteroatoms. The van der Waals surface area contributed by atoms with E-state index in [2.05, 4.69) is 9.72 Å². The molecular formula is C21H24F2N2O4. The van der Waals surface area contributed by atoms with Crippen molar-refractivity contribution < 1.29 is 27.5 Å². The Kier molecular flexibility index (Phi) is 5.69. The topological polar surface area (TPSA) is 64.8 Å². The summed E-state index contributed by atoms with van der Waals surface area (Å²) in [5.74, 6) is 1.31. The van der Waals surface area contributed by atoms with Crippen LogP contribution >= 0.6 is 0 Å². The van der Waals surface area contributed by atoms with Gasteiger partial charge in [0.05, 0.1) is 6.61 Å². The van der Waals surface area contributed by atoms with Gasteiger partial charge >= 0.3 is 6.61 Å². The summed E-state index contributed by atoms with van der Waals surface area (Å²) in [7, 11) is 0. The monoisotopic (exact) mass is 406 g/mol. The van der Waals surface area contributed by atoms with Gasteiger partial charge in [0.1, 0.15) is 5.76 Å². The minimum atomic E-state index is -2.94. The molecule has 2 heterocycles. The maximum atomic E-state index is 12.8. The van der Waals surface area contributed by atoms with E-state index in [0.717, 1.165) is 38.8 Å². The van der Waals surface area contributed by atoms with Crippen molar-refractivity contribution in [2.75, 3.05) is 19.7 Å². The van der Waals surface area contributed by atoms with E-state index < -0.39 is 6.61 Å². The number of aromatic nitrogens is 1. The molecule has 0 radical (unpaired) electrons. The zero-order chi connectivity index (χ0) is 20.4. The first-order valence-electron chi connectivity index (χ1n) is 10.1. The van der Waals surface area contributed by atoms with E-state index in [4.69, 9.17) is 9.15 Å². The van der Waals surface area contributed by atoms with Gasteiger partial charge in [-0.25, -0.2) is 4.98 Å². The molecule has 2 aliphatic rings. The van der Waals surface area contributed by atoms with Gasteiger partial charge in [-0.15, -0.1) is 0 Å². The third-order valence-corrected chi connectivity index (χ3v) is 5.19. The second-order valence-electron chi connectivity index (χ2n) is 7.44. The van der Waals surface area contributed by atoms with E-state index in [1.54, 1.807) is 17.0 Å². The van der Waals surface area contributed by atoms with Gasteiger partial charge in [0.2, 0.25) is 5.89 Å². The predicted molar refractivity (Wildman–Crippen MR) is 101 cm³/mol. The van der Waals surface area contributed by atoms with Crippen molar-refractivity contribution in [3.05, 3.63) is 29.7 Å². The first kappa shape index (κ1) is 19.7. The number of hydrogen-bond acceptors (Lipinski definition) is 5. The quantitative estimate of drug-likeness (QED) is 0.644. The molecule has 0 unspecified atom stereocenters. The molecule has 1 aromatic carbocycles. The number of likely N-dealkylation sites (tertiary alicyclic amines) is 1. The Bertz CT molecular complexity index is 874. The van der Waals surface area contributed by atoms with Gasteiger partial charge in [-0.2, -0.15) is 8.78 Å². The molecule has 0 N–H and O–H groups in total. The fourth-order valence-electron chi connectivity index (χ4n) is 3.39. The summed E-state index contributed by atoms with van der Waals surface area (Å²) in [6, 6.07) is 4.58. The number of oxazole rings is 1. The Balaban J connectivity index is 1.62. The molecule has 1 aromatic heterocycles. The number of rotatable bonds is 8. The Hall–Kier alpha value is -2.64. The van der Waals surface area contributed by atoms with Crippen LogP contribution in [0.2, 0.25) is 0 Å². The third-order valence-electron chi connectivity index (χ3n) is 5.19. The largest absolute Gasteiger partial charge is 0.489 e. The fourth-order valence-corrected chi connectivity index (χ4v) is 3.39. The Morgan fingerprint density at radius 2 is 2.03 bits per heavy atom. The predicted octanol–water partition coefficient (Wildman–Crippen LogP) is 4.53. The first-order valence-corrected chi connectivity index (χ1v) is 10.1. The summed E-state index contributed by atoms with van der Waals surface area (Å²) < 4.78 is 41.6. The average Bonchev–Trinajstić information content (AvgIpc) is 3.19. The molecule has 2 fully saturated rings. The first-order chi connectivity index (χ1) is 14.0. The van der Waals surface area contributed by atoms with Crippen LogP contribution in [0.5, 0.6) is 11.5 Å². The highest BCUT2D eigenvalue weighted by molar-refractivity contribution is 5.94. The van der Waals surface area contributed by atoms with Gasteiger partial charge in [-0.05, 0) is 49.8 Å². The van der Waals surface area contributed by atoms with Crippen LogP contribution in [-0.2, 0) is 6.42 Å². The minimum Gasteiger partial charge on any atom is -0.489 e. The van der Waals surface area contributed by atoms with Gasteiger partial charge in [-0.1, -0.05) is 6.92 Å². The molecule has 1 aliphatic heterocycles. The highest BCUT2D eigenvalue weighted by atomic mass is 19.3. The number of alkyl halides is 2. The molecule has 0 spiro atoms. The maximum absolute atomic E-state index is 12.8. The summed E-state index contributed by atoms with van der Waals surface area (Å²) in [4.78, 5) is 19.0. The van der Waals surface area contributed by atoms with Crippen LogP contribution in [0.25, 0.3) is 11.5 Å². The van der Waals surface area contributed by atoms with Crippen LogP contribution in [0, 0.1) is 5.92 Å². The van der Waals surface area contributed by atoms with Crippen LogP contribution in [-0.4, -0.2) is 42.1 Å². The second-order valence-corrected chi connectivity index (χ2v) is 7.44. The SMILES string of the molecule is CCc1oc(-c2ccc(OC(F)F)c(OCC3CC3)c2)nc1C(=O)N1CCCC1. The standard InChI is InChI=1S/C21H24F2N2O4/c1-2-15-18(20(26)25-9-3-4-10-25)24-19(28-15)14-7-8-16(29-21(22)23)17(11-14)27-12-13-5-6-13/h7-8,11,13,21H,2-6,9-10,12H2,1H3. The summed E-state index contributed by atoms with van der Waals surface area (Å²) >= 11 is 0. The third kappa shape index (κ3) is 4.52. The van der Waals surface area contributed by atoms with Crippen LogP contribution in [0.3, 0.4) is 0 Å². The average molecular weight is 406 g/mol. The highest BCUT2D eigenvalue weighted by Crippen LogP contribution is 2.36. The number of carbonyl (C=O) groups is 1. The fraction of sp³-hybridized carbons (Fsp3) is 0.524. The van der Waals surface area contributed by atoms with E-state index in [9.17, 15) is 13.6 Å². The van der Waals surface area contributed by atoms with Crippen LogP contribution in [0.1, 0.15) is 48.9 Å². The van der Waals surface area contributed by atoms with Gasteiger partial charge in [0, 0.05) is 25.1 Å². The second kappa shape index (κ2) is 8.39. The van der Waals surface area contributed by atoms with Crippen molar-refractivity contribution in [1.82, 2.24) is 9.88 Å². The van der Waals surface area contributed by atoms with E-state index in [1.165, 1.54) is 6.07 Å². The molecule has 1 amide bonds. The van der Waals surface area contributed by atoms with E-state index >= 15 is 0 Å². The van der Waals surface area contributed by atoms with Crippen molar-refractivity contribution in [2.24, 2.45) is 5.92 Å². The Morgan fingerprint density at radius 3 is 2.69 bits per heavy atom. The summed E-state index contributed by atoms with van der Waals surface area (Å²) in [6.07, 6.45) is 4.66. The van der Waals surface area contributed by atoms with Gasteiger partial charge < -0.3 is 18.8 Å². The Morgan fingerprint density at radius 1 is 1.28 bits per heavy atom. The van der Waals surface area contributed by atoms with Gasteiger partial charge in [-0.3, -0.25) is 4.79 Å². The number of hydrogen-bond donors (Lipinski definition) is 0. The van der Waals surface area contributed by atoms with Crippen molar-refractivity contribution in [2.45, 2.75) is 45.6 Å². The van der Waals surface area contributed by atoms with Crippen molar-refractivity contribution in [3.8, 4) is 23.0 Å². The lowest BCUT2D eigenvalue weighted by molar-refractivity contribution is -0.0515. The summed E-state index contributed by atoms with van der Waals surface area (Å²) in [6.45, 7) is 0.858. The lowest BCUT2D eigenvalue weighted by Gasteiger charge is -2.13. The number of halogens is 2. The number of ether oxygens (including phenoxy) is 2. The Labute approximate surface area is 167 Å².